The molecule has 14 nitrogen and oxygen atoms in total. The van der Waals surface area contributed by atoms with Crippen molar-refractivity contribution in [3.63, 3.8) is 0 Å². The number of carboxylic acid groups (broad SMARTS) is 1. The van der Waals surface area contributed by atoms with Gasteiger partial charge in [-0.15, -0.1) is 0 Å². The fourth-order valence-electron chi connectivity index (χ4n) is 1.95. The maximum Gasteiger partial charge on any atom is 0.347 e. The van der Waals surface area contributed by atoms with Crippen LogP contribution in [0.1, 0.15) is 55.4 Å². The number of carbonyl (C=O) groups is 7. The summed E-state index contributed by atoms with van der Waals surface area (Å²) in [7, 11) is 0. The third-order valence-electron chi connectivity index (χ3n) is 4.24. The summed E-state index contributed by atoms with van der Waals surface area (Å²) in [6, 6.07) is 0. The number of aliphatic carboxylic acids is 1. The largest absolute Gasteiger partial charge is 0.479 e. The molecule has 1 radical (unpaired) electrons. The van der Waals surface area contributed by atoms with Crippen molar-refractivity contribution in [1.29, 1.82) is 0 Å². The minimum absolute atomic E-state index is 0. The molecular weight excluding hydrogens is 577 g/mol. The summed E-state index contributed by atoms with van der Waals surface area (Å²) < 4.78 is 28.8. The Labute approximate surface area is 238 Å². The number of esters is 6. The van der Waals surface area contributed by atoms with Crippen molar-refractivity contribution in [2.75, 3.05) is 0 Å². The molecule has 0 saturated carbocycles. The topological polar surface area (TPSA) is 195 Å². The molecule has 0 amide bonds. The SMILES string of the molecule is CC(C)C(=O)O[C@@H](C)C(=O)O[C@@H](C)C(=O)O[C@@H](C)C(=O)O[C@@H](C)C(=O)O[C@@H](C)C(=O)O[C@@H](C)C(=O)O.[Y]. The standard InChI is InChI=1S/C22H32O14.Y/c1-9(2)17(25)32-11(4)19(27)34-13(6)21(29)36-15(8)22(30)35-14(7)20(28)33-12(5)18(26)31-10(3)16(23)24;/h9-15H,1-8H3,(H,23,24);/t10-,11-,12-,13-,14-,15-;/m0./s1. The van der Waals surface area contributed by atoms with Gasteiger partial charge in [0.2, 0.25) is 0 Å². The summed E-state index contributed by atoms with van der Waals surface area (Å²) in [4.78, 5) is 82.3. The first-order valence-electron chi connectivity index (χ1n) is 10.9. The first-order valence-corrected chi connectivity index (χ1v) is 10.9. The second-order valence-corrected chi connectivity index (χ2v) is 7.97. The molecule has 0 unspecified atom stereocenters. The summed E-state index contributed by atoms with van der Waals surface area (Å²) in [6.45, 7) is 10.0. The van der Waals surface area contributed by atoms with Crippen LogP contribution in [0.25, 0.3) is 0 Å². The van der Waals surface area contributed by atoms with E-state index in [0.717, 1.165) is 27.7 Å². The van der Waals surface area contributed by atoms with Gasteiger partial charge < -0.3 is 33.5 Å². The predicted molar refractivity (Wildman–Crippen MR) is 116 cm³/mol. The van der Waals surface area contributed by atoms with E-state index >= 15 is 0 Å². The number of hydrogen-bond acceptors (Lipinski definition) is 13. The maximum atomic E-state index is 12.1. The van der Waals surface area contributed by atoms with Gasteiger partial charge in [0.15, 0.2) is 36.6 Å². The zero-order chi connectivity index (χ0) is 28.3. The van der Waals surface area contributed by atoms with Crippen LogP contribution in [-0.4, -0.2) is 83.5 Å². The Kier molecular flexibility index (Phi) is 16.8. The molecule has 0 saturated heterocycles. The molecule has 0 rings (SSSR count). The van der Waals surface area contributed by atoms with E-state index in [0.29, 0.717) is 0 Å². The van der Waals surface area contributed by atoms with Crippen molar-refractivity contribution in [2.24, 2.45) is 5.92 Å². The molecule has 0 aliphatic rings. The molecule has 0 aromatic rings. The van der Waals surface area contributed by atoms with Crippen LogP contribution in [0.15, 0.2) is 0 Å². The Morgan fingerprint density at radius 1 is 0.405 bits per heavy atom. The molecule has 0 bridgehead atoms. The number of carboxylic acids is 1. The number of rotatable bonds is 13. The van der Waals surface area contributed by atoms with Crippen LogP contribution in [0.5, 0.6) is 0 Å². The molecule has 0 aromatic heterocycles. The third-order valence-corrected chi connectivity index (χ3v) is 4.24. The smallest absolute Gasteiger partial charge is 0.347 e. The van der Waals surface area contributed by atoms with Gasteiger partial charge in [0.1, 0.15) is 0 Å². The molecule has 0 aromatic carbocycles. The molecule has 207 valence electrons. The van der Waals surface area contributed by atoms with Gasteiger partial charge in [-0.25, -0.2) is 28.8 Å². The minimum atomic E-state index is -1.53. The van der Waals surface area contributed by atoms with Gasteiger partial charge in [0.05, 0.1) is 5.92 Å². The van der Waals surface area contributed by atoms with Gasteiger partial charge in [0.25, 0.3) is 0 Å². The van der Waals surface area contributed by atoms with E-state index in [1.165, 1.54) is 13.8 Å². The number of carbonyl (C=O) groups excluding carboxylic acids is 6. The minimum Gasteiger partial charge on any atom is -0.479 e. The fourth-order valence-corrected chi connectivity index (χ4v) is 1.95. The van der Waals surface area contributed by atoms with Crippen LogP contribution in [0, 0.1) is 5.92 Å². The van der Waals surface area contributed by atoms with Gasteiger partial charge in [-0.05, 0) is 41.5 Å². The number of ether oxygens (including phenoxy) is 6. The molecule has 15 heteroatoms. The zero-order valence-electron chi connectivity index (χ0n) is 21.9. The van der Waals surface area contributed by atoms with Gasteiger partial charge in [-0.2, -0.15) is 0 Å². The molecule has 1 N–H and O–H groups in total. The Balaban J connectivity index is 0. The van der Waals surface area contributed by atoms with Crippen molar-refractivity contribution >= 4 is 41.8 Å². The third kappa shape index (κ3) is 13.5. The van der Waals surface area contributed by atoms with E-state index < -0.39 is 84.3 Å². The quantitative estimate of drug-likeness (QED) is 0.221. The van der Waals surface area contributed by atoms with Gasteiger partial charge in [0, 0.05) is 32.7 Å². The van der Waals surface area contributed by atoms with Crippen LogP contribution >= 0.6 is 0 Å². The molecule has 0 fully saturated rings. The monoisotopic (exact) mass is 609 g/mol. The van der Waals surface area contributed by atoms with Crippen LogP contribution in [0.4, 0.5) is 0 Å². The van der Waals surface area contributed by atoms with Gasteiger partial charge >= 0.3 is 41.8 Å². The van der Waals surface area contributed by atoms with E-state index in [1.807, 2.05) is 0 Å². The second-order valence-electron chi connectivity index (χ2n) is 7.97. The van der Waals surface area contributed by atoms with E-state index in [-0.39, 0.29) is 32.7 Å². The first-order chi connectivity index (χ1) is 16.5. The molecule has 0 aliphatic carbocycles. The molecule has 0 spiro atoms. The van der Waals surface area contributed by atoms with Crippen molar-refractivity contribution in [2.45, 2.75) is 92.0 Å². The molecule has 0 aliphatic heterocycles. The van der Waals surface area contributed by atoms with Crippen LogP contribution in [0.2, 0.25) is 0 Å². The normalized spacial score (nSPS) is 15.3. The second kappa shape index (κ2) is 17.0. The zero-order valence-corrected chi connectivity index (χ0v) is 24.7. The average molecular weight is 609 g/mol. The maximum absolute atomic E-state index is 12.1. The van der Waals surface area contributed by atoms with Crippen molar-refractivity contribution < 1.29 is 99.8 Å². The van der Waals surface area contributed by atoms with Crippen molar-refractivity contribution in [3.8, 4) is 0 Å². The van der Waals surface area contributed by atoms with Crippen LogP contribution < -0.4 is 0 Å². The van der Waals surface area contributed by atoms with E-state index in [2.05, 4.69) is 4.74 Å². The van der Waals surface area contributed by atoms with E-state index in [1.54, 1.807) is 13.8 Å². The molecular formula is C22H32O14Y. The summed E-state index contributed by atoms with van der Waals surface area (Å²) in [5.74, 6) is -8.08. The van der Waals surface area contributed by atoms with E-state index in [9.17, 15) is 33.6 Å². The molecule has 6 atom stereocenters. The van der Waals surface area contributed by atoms with Gasteiger partial charge in [-0.3, -0.25) is 4.79 Å². The van der Waals surface area contributed by atoms with Crippen molar-refractivity contribution in [3.05, 3.63) is 0 Å². The molecule has 37 heavy (non-hydrogen) atoms. The summed E-state index contributed by atoms with van der Waals surface area (Å²) in [5, 5.41) is 8.73. The fraction of sp³-hybridized carbons (Fsp3) is 0.682. The summed E-state index contributed by atoms with van der Waals surface area (Å²) >= 11 is 0. The van der Waals surface area contributed by atoms with Crippen LogP contribution in [-0.2, 0) is 94.7 Å². The van der Waals surface area contributed by atoms with Crippen molar-refractivity contribution in [1.82, 2.24) is 0 Å². The average Bonchev–Trinajstić information content (AvgIpc) is 2.77. The summed E-state index contributed by atoms with van der Waals surface area (Å²) in [5.41, 5.74) is 0. The van der Waals surface area contributed by atoms with Crippen LogP contribution in [0.3, 0.4) is 0 Å². The Bertz CT molecular complexity index is 854. The summed E-state index contributed by atoms with van der Waals surface area (Å²) in [6.07, 6.45) is -8.76. The predicted octanol–water partition coefficient (Wildman–Crippen LogP) is 0.315. The first kappa shape index (κ1) is 36.6. The Morgan fingerprint density at radius 3 is 0.784 bits per heavy atom. The molecule has 0 heterocycles. The Hall–Kier alpha value is -2.61. The van der Waals surface area contributed by atoms with E-state index in [4.69, 9.17) is 28.8 Å². The Morgan fingerprint density at radius 2 is 0.595 bits per heavy atom. The van der Waals surface area contributed by atoms with Gasteiger partial charge in [-0.1, -0.05) is 13.8 Å². The number of hydrogen-bond donors (Lipinski definition) is 1.